The zero-order valence-electron chi connectivity index (χ0n) is 59.7. The van der Waals surface area contributed by atoms with Crippen molar-refractivity contribution in [1.82, 2.24) is 23.7 Å². The van der Waals surface area contributed by atoms with Gasteiger partial charge in [0, 0.05) is 53.6 Å². The smallest absolute Gasteiger partial charge is 0.236 e. The Morgan fingerprint density at radius 3 is 0.991 bits per heavy atom. The van der Waals surface area contributed by atoms with Gasteiger partial charge in [0.15, 0.2) is 5.69 Å². The molecular weight excluding hydrogens is 1380 g/mol. The van der Waals surface area contributed by atoms with E-state index in [-0.39, 0.29) is 1.43 Å². The van der Waals surface area contributed by atoms with Crippen molar-refractivity contribution in [2.24, 2.45) is 0 Å². The van der Waals surface area contributed by atoms with E-state index in [1.165, 1.54) is 127 Å². The highest BCUT2D eigenvalue weighted by Crippen LogP contribution is 2.45. The van der Waals surface area contributed by atoms with Crippen LogP contribution in [0.5, 0.6) is 0 Å². The number of nitrogens with zero attached hydrogens (tertiary/aromatic N) is 6. The Morgan fingerprint density at radius 1 is 0.259 bits per heavy atom. The molecule has 508 valence electrons. The average Bonchev–Trinajstić information content (AvgIpc) is 1.59. The molecule has 7 heteroatoms. The second-order valence-corrected chi connectivity index (χ2v) is 28.9. The molecular formula is C101H66BrN6-. The summed E-state index contributed by atoms with van der Waals surface area (Å²) >= 11 is 3.58. The Kier molecular flexibility index (Phi) is 15.8. The molecule has 108 heavy (non-hydrogen) atoms. The third-order valence-electron chi connectivity index (χ3n) is 21.8. The first-order valence-electron chi connectivity index (χ1n) is 36.7. The van der Waals surface area contributed by atoms with Gasteiger partial charge in [0.2, 0.25) is 5.95 Å². The Balaban J connectivity index is 0.000000120. The summed E-state index contributed by atoms with van der Waals surface area (Å²) in [6, 6.07) is 134. The van der Waals surface area contributed by atoms with E-state index in [1.807, 2.05) is 30.3 Å². The summed E-state index contributed by atoms with van der Waals surface area (Å²) in [5.41, 5.74) is 33.6. The highest BCUT2D eigenvalue weighted by atomic mass is 79.9. The minimum absolute atomic E-state index is 0. The van der Waals surface area contributed by atoms with Crippen LogP contribution in [-0.4, -0.2) is 23.7 Å². The van der Waals surface area contributed by atoms with E-state index in [9.17, 15) is 5.26 Å². The van der Waals surface area contributed by atoms with Crippen LogP contribution in [0.25, 0.3) is 172 Å². The molecule has 22 rings (SSSR count). The van der Waals surface area contributed by atoms with Gasteiger partial charge in [-0.3, -0.25) is 4.57 Å². The van der Waals surface area contributed by atoms with Gasteiger partial charge < -0.3 is 10.6 Å². The molecule has 16 aromatic carbocycles. The van der Waals surface area contributed by atoms with Crippen molar-refractivity contribution in [3.05, 3.63) is 402 Å². The maximum Gasteiger partial charge on any atom is 0.236 e. The standard InChI is InChI=1S/C45H27N5.C37H25N.C19H13Br.H/c46-28-40-35-16-7-9-17-39(35)47-45(48-40)50-43-23-19-30(29-11-3-1-4-12-29)25-37(43)38-27-32(21-24-44(38)50)31-20-22-42-36(26-31)34-15-8-10-18-41(34)49(42)33-13-5-2-6-14-33;1-3-9-25(10-4-1)26-15-17-29-21-30-18-16-27(23-34(30)33(29)22-26)28-19-20-37-35(24-28)32-13-7-8-14-36(32)38(37)31-11-5-2-6-12-31;20-17-9-8-16-10-15-7-6-14(11-18(15)19(16)12-17)13-4-2-1-3-5-13;/h1-27H;1-20,22-24H,21H2;1-9,11-12H,10H2;/q;;;-1. The number of hydrogen-bond acceptors (Lipinski definition) is 3. The number of para-hydroxylation sites is 5. The molecule has 0 amide bonds. The fourth-order valence-corrected chi connectivity index (χ4v) is 17.0. The number of benzene rings is 16. The van der Waals surface area contributed by atoms with Crippen molar-refractivity contribution in [3.63, 3.8) is 0 Å². The van der Waals surface area contributed by atoms with Gasteiger partial charge in [-0.15, -0.1) is 0 Å². The fourth-order valence-electron chi connectivity index (χ4n) is 16.6. The molecule has 0 saturated heterocycles. The molecule has 20 aromatic rings. The van der Waals surface area contributed by atoms with Gasteiger partial charge in [-0.25, -0.2) is 9.97 Å². The molecule has 4 aromatic heterocycles. The van der Waals surface area contributed by atoms with E-state index in [2.05, 4.69) is 375 Å². The lowest BCUT2D eigenvalue weighted by Gasteiger charge is -2.10. The summed E-state index contributed by atoms with van der Waals surface area (Å²) in [6.45, 7) is 0. The van der Waals surface area contributed by atoms with Crippen molar-refractivity contribution >= 4 is 92.3 Å². The number of nitriles is 1. The fraction of sp³-hybridized carbons (Fsp3) is 0.0198. The molecule has 0 radical (unpaired) electrons. The molecule has 6 nitrogen and oxygen atoms in total. The second-order valence-electron chi connectivity index (χ2n) is 28.0. The Hall–Kier alpha value is -13.8. The molecule has 2 aliphatic rings. The van der Waals surface area contributed by atoms with E-state index in [1.54, 1.807) is 0 Å². The van der Waals surface area contributed by atoms with Gasteiger partial charge in [-0.2, -0.15) is 5.26 Å². The first-order chi connectivity index (χ1) is 53.4. The van der Waals surface area contributed by atoms with Gasteiger partial charge in [0.25, 0.3) is 0 Å². The minimum atomic E-state index is 0. The van der Waals surface area contributed by atoms with Crippen LogP contribution >= 0.6 is 15.9 Å². The zero-order chi connectivity index (χ0) is 71.8. The van der Waals surface area contributed by atoms with E-state index >= 15 is 0 Å². The van der Waals surface area contributed by atoms with Crippen molar-refractivity contribution in [2.45, 2.75) is 12.8 Å². The van der Waals surface area contributed by atoms with Crippen LogP contribution in [0.1, 0.15) is 29.4 Å². The van der Waals surface area contributed by atoms with Gasteiger partial charge >= 0.3 is 0 Å². The molecule has 0 N–H and O–H groups in total. The minimum Gasteiger partial charge on any atom is -1.00 e. The highest BCUT2D eigenvalue weighted by molar-refractivity contribution is 9.10. The molecule has 0 aliphatic heterocycles. The Labute approximate surface area is 634 Å². The number of hydrogen-bond donors (Lipinski definition) is 0. The summed E-state index contributed by atoms with van der Waals surface area (Å²) in [5, 5.41) is 18.0. The quantitative estimate of drug-likeness (QED) is 0.152. The third kappa shape index (κ3) is 11.2. The van der Waals surface area contributed by atoms with Crippen LogP contribution < -0.4 is 0 Å². The third-order valence-corrected chi connectivity index (χ3v) is 22.3. The highest BCUT2D eigenvalue weighted by Gasteiger charge is 2.24. The predicted octanol–water partition coefficient (Wildman–Crippen LogP) is 26.5. The van der Waals surface area contributed by atoms with Gasteiger partial charge in [0.05, 0.1) is 38.6 Å². The summed E-state index contributed by atoms with van der Waals surface area (Å²) in [6.07, 6.45) is 2.05. The molecule has 0 bridgehead atoms. The number of aromatic nitrogens is 5. The maximum absolute atomic E-state index is 10.1. The maximum atomic E-state index is 10.1. The summed E-state index contributed by atoms with van der Waals surface area (Å²) in [4.78, 5) is 9.78. The van der Waals surface area contributed by atoms with Crippen LogP contribution in [0.15, 0.2) is 375 Å². The summed E-state index contributed by atoms with van der Waals surface area (Å²) in [7, 11) is 0. The van der Waals surface area contributed by atoms with Gasteiger partial charge in [-0.05, 0) is 240 Å². The topological polar surface area (TPSA) is 64.4 Å². The second kappa shape index (κ2) is 26.7. The number of fused-ring (bicyclic) bond motifs is 16. The lowest BCUT2D eigenvalue weighted by Crippen LogP contribution is -2.03. The number of rotatable bonds is 8. The van der Waals surface area contributed by atoms with Gasteiger partial charge in [0.1, 0.15) is 6.07 Å². The first-order valence-corrected chi connectivity index (χ1v) is 37.5. The number of halogens is 1. The molecule has 4 heterocycles. The first kappa shape index (κ1) is 63.9. The van der Waals surface area contributed by atoms with E-state index in [0.29, 0.717) is 11.6 Å². The van der Waals surface area contributed by atoms with Crippen molar-refractivity contribution < 1.29 is 1.43 Å². The largest absolute Gasteiger partial charge is 1.00 e. The monoisotopic (exact) mass is 1440 g/mol. The Bertz CT molecular complexity index is 7000. The molecule has 2 aliphatic carbocycles. The van der Waals surface area contributed by atoms with Crippen LogP contribution in [0.4, 0.5) is 0 Å². The SMILES string of the molecule is Brc1ccc2c(c1)-c1cc(-c3ccccc3)ccc1C2.N#Cc1nc(-n2c3ccc(-c4ccccc4)cc3c3cc(-c4ccc5c(c4)c4ccccc4n5-c4ccccc4)ccc32)nc2ccccc12.[H-].c1ccc(-c2ccc3c(c2)-c2cc(-c4ccc5c(c4)c4ccccc4n5-c4ccccc4)ccc2C3)cc1. The lowest BCUT2D eigenvalue weighted by atomic mass is 9.96. The van der Waals surface area contributed by atoms with E-state index in [0.717, 1.165) is 78.0 Å². The molecule has 0 spiro atoms. The normalized spacial score (nSPS) is 11.9. The zero-order valence-corrected chi connectivity index (χ0v) is 60.3. The molecule has 0 unspecified atom stereocenters. The van der Waals surface area contributed by atoms with Crippen LogP contribution in [0.3, 0.4) is 0 Å². The van der Waals surface area contributed by atoms with Crippen LogP contribution in [0, 0.1) is 11.3 Å². The van der Waals surface area contributed by atoms with Crippen molar-refractivity contribution in [1.29, 1.82) is 5.26 Å². The van der Waals surface area contributed by atoms with Crippen LogP contribution in [0.2, 0.25) is 0 Å². The van der Waals surface area contributed by atoms with Crippen molar-refractivity contribution in [2.75, 3.05) is 0 Å². The molecule has 0 saturated carbocycles. The molecule has 0 fully saturated rings. The average molecular weight is 1440 g/mol. The summed E-state index contributed by atoms with van der Waals surface area (Å²) < 4.78 is 7.95. The summed E-state index contributed by atoms with van der Waals surface area (Å²) in [5.74, 6) is 0.482. The van der Waals surface area contributed by atoms with Crippen LogP contribution in [-0.2, 0) is 12.8 Å². The Morgan fingerprint density at radius 2 is 0.565 bits per heavy atom. The van der Waals surface area contributed by atoms with E-state index < -0.39 is 0 Å². The predicted molar refractivity (Wildman–Crippen MR) is 453 cm³/mol. The van der Waals surface area contributed by atoms with Crippen molar-refractivity contribution in [3.8, 4) is 101 Å². The van der Waals surface area contributed by atoms with Gasteiger partial charge in [-0.1, -0.05) is 259 Å². The molecule has 0 atom stereocenters. The lowest BCUT2D eigenvalue weighted by molar-refractivity contribution is 1.00. The van der Waals surface area contributed by atoms with E-state index in [4.69, 9.17) is 9.97 Å².